The van der Waals surface area contributed by atoms with Crippen LogP contribution in [0, 0.1) is 5.92 Å². The van der Waals surface area contributed by atoms with E-state index in [0.29, 0.717) is 24.5 Å². The number of aromatic nitrogens is 2. The molecule has 152 valence electrons. The Bertz CT molecular complexity index is 1020. The van der Waals surface area contributed by atoms with E-state index in [1.165, 1.54) is 0 Å². The van der Waals surface area contributed by atoms with Crippen LogP contribution in [0.1, 0.15) is 40.5 Å². The van der Waals surface area contributed by atoms with E-state index < -0.39 is 5.60 Å². The molecule has 1 atom stereocenters. The SMILES string of the molecule is Cn1nc(Cl)c(Cl)c1C[C@@H]1c2ccccc2C(=O)N1CC1CC2(CNC(=O)O2)C1. The monoisotopic (exact) mass is 434 g/mol. The van der Waals surface area contributed by atoms with Crippen molar-refractivity contribution in [1.29, 1.82) is 0 Å². The normalized spacial score (nSPS) is 27.8. The van der Waals surface area contributed by atoms with Crippen LogP contribution in [0.4, 0.5) is 4.79 Å². The second-order valence-corrected chi connectivity index (χ2v) is 8.88. The van der Waals surface area contributed by atoms with Gasteiger partial charge in [0.2, 0.25) is 0 Å². The Hall–Kier alpha value is -2.25. The predicted octanol–water partition coefficient (Wildman–Crippen LogP) is 3.36. The van der Waals surface area contributed by atoms with E-state index in [0.717, 1.165) is 29.7 Å². The molecule has 2 aromatic rings. The number of fused-ring (bicyclic) bond motifs is 1. The molecule has 0 unspecified atom stereocenters. The number of nitrogens with zero attached hydrogens (tertiary/aromatic N) is 3. The van der Waals surface area contributed by atoms with Gasteiger partial charge in [-0.15, -0.1) is 0 Å². The maximum absolute atomic E-state index is 13.2. The van der Waals surface area contributed by atoms with Gasteiger partial charge in [-0.1, -0.05) is 41.4 Å². The Kier molecular flexibility index (Phi) is 4.29. The van der Waals surface area contributed by atoms with Crippen LogP contribution in [-0.2, 0) is 18.2 Å². The lowest BCUT2D eigenvalue weighted by Crippen LogP contribution is -2.51. The molecule has 1 aromatic carbocycles. The first kappa shape index (κ1) is 18.8. The van der Waals surface area contributed by atoms with Crippen LogP contribution in [0.15, 0.2) is 24.3 Å². The zero-order valence-electron chi connectivity index (χ0n) is 15.8. The Morgan fingerprint density at radius 3 is 2.69 bits per heavy atom. The van der Waals surface area contributed by atoms with Gasteiger partial charge >= 0.3 is 6.09 Å². The zero-order chi connectivity index (χ0) is 20.3. The van der Waals surface area contributed by atoms with Crippen LogP contribution in [0.3, 0.4) is 0 Å². The van der Waals surface area contributed by atoms with Gasteiger partial charge in [0.15, 0.2) is 5.15 Å². The van der Waals surface area contributed by atoms with E-state index in [1.807, 2.05) is 29.2 Å². The molecule has 2 fully saturated rings. The summed E-state index contributed by atoms with van der Waals surface area (Å²) < 4.78 is 7.10. The highest BCUT2D eigenvalue weighted by Gasteiger charge is 2.52. The first-order valence-electron chi connectivity index (χ1n) is 9.60. The smallest absolute Gasteiger partial charge is 0.407 e. The molecule has 7 nitrogen and oxygen atoms in total. The first-order chi connectivity index (χ1) is 13.9. The molecule has 2 aliphatic heterocycles. The molecular formula is C20H20Cl2N4O3. The highest BCUT2D eigenvalue weighted by Crippen LogP contribution is 2.46. The Balaban J connectivity index is 1.39. The molecule has 2 amide bonds. The summed E-state index contributed by atoms with van der Waals surface area (Å²) in [6.45, 7) is 1.16. The number of nitrogens with one attached hydrogen (secondary N) is 1. The van der Waals surface area contributed by atoms with E-state index in [2.05, 4.69) is 10.4 Å². The minimum absolute atomic E-state index is 0.0254. The number of ether oxygens (including phenoxy) is 1. The van der Waals surface area contributed by atoms with Crippen LogP contribution in [0.25, 0.3) is 0 Å². The van der Waals surface area contributed by atoms with Gasteiger partial charge in [-0.2, -0.15) is 5.10 Å². The fourth-order valence-corrected chi connectivity index (χ4v) is 5.37. The fourth-order valence-electron chi connectivity index (χ4n) is 4.91. The van der Waals surface area contributed by atoms with Crippen molar-refractivity contribution in [2.24, 2.45) is 13.0 Å². The molecule has 1 aromatic heterocycles. The highest BCUT2D eigenvalue weighted by molar-refractivity contribution is 6.41. The average Bonchev–Trinajstić information content (AvgIpc) is 3.26. The van der Waals surface area contributed by atoms with E-state index in [-0.39, 0.29) is 29.1 Å². The molecule has 0 radical (unpaired) electrons. The number of amides is 2. The molecule has 3 heterocycles. The lowest BCUT2D eigenvalue weighted by Gasteiger charge is -2.44. The largest absolute Gasteiger partial charge is 0.441 e. The van der Waals surface area contributed by atoms with Crippen LogP contribution in [0.2, 0.25) is 10.2 Å². The second kappa shape index (κ2) is 6.64. The summed E-state index contributed by atoms with van der Waals surface area (Å²) in [5, 5.41) is 7.61. The molecule has 1 N–H and O–H groups in total. The average molecular weight is 435 g/mol. The van der Waals surface area contributed by atoms with Gasteiger partial charge in [-0.3, -0.25) is 9.48 Å². The van der Waals surface area contributed by atoms with Crippen LogP contribution in [0.5, 0.6) is 0 Å². The summed E-state index contributed by atoms with van der Waals surface area (Å²) in [6, 6.07) is 7.56. The van der Waals surface area contributed by atoms with Crippen LogP contribution < -0.4 is 5.32 Å². The molecule has 0 bridgehead atoms. The molecule has 3 aliphatic rings. The molecular weight excluding hydrogens is 415 g/mol. The number of halogens is 2. The summed E-state index contributed by atoms with van der Waals surface area (Å²) >= 11 is 12.5. The minimum atomic E-state index is -0.397. The minimum Gasteiger partial charge on any atom is -0.441 e. The number of benzene rings is 1. The van der Waals surface area contributed by atoms with E-state index >= 15 is 0 Å². The summed E-state index contributed by atoms with van der Waals surface area (Å²) in [6.07, 6.45) is 1.70. The van der Waals surface area contributed by atoms with Crippen molar-refractivity contribution in [2.45, 2.75) is 30.9 Å². The Morgan fingerprint density at radius 2 is 2.03 bits per heavy atom. The van der Waals surface area contributed by atoms with E-state index in [4.69, 9.17) is 27.9 Å². The van der Waals surface area contributed by atoms with E-state index in [9.17, 15) is 9.59 Å². The quantitative estimate of drug-likeness (QED) is 0.799. The molecule has 5 rings (SSSR count). The van der Waals surface area contributed by atoms with Crippen LogP contribution >= 0.6 is 23.2 Å². The number of aryl methyl sites for hydroxylation is 1. The third-order valence-corrected chi connectivity index (χ3v) is 7.04. The van der Waals surface area contributed by atoms with Gasteiger partial charge in [0, 0.05) is 25.6 Å². The van der Waals surface area contributed by atoms with E-state index in [1.54, 1.807) is 11.7 Å². The fraction of sp³-hybridized carbons (Fsp3) is 0.450. The number of hydrogen-bond acceptors (Lipinski definition) is 4. The van der Waals surface area contributed by atoms with Crippen molar-refractivity contribution < 1.29 is 14.3 Å². The van der Waals surface area contributed by atoms with Gasteiger partial charge in [0.1, 0.15) is 10.6 Å². The van der Waals surface area contributed by atoms with Gasteiger partial charge < -0.3 is 15.0 Å². The van der Waals surface area contributed by atoms with Crippen molar-refractivity contribution in [3.63, 3.8) is 0 Å². The lowest BCUT2D eigenvalue weighted by atomic mass is 9.70. The van der Waals surface area contributed by atoms with Gasteiger partial charge in [0.05, 0.1) is 18.3 Å². The van der Waals surface area contributed by atoms with Gasteiger partial charge in [0.25, 0.3) is 5.91 Å². The molecule has 1 saturated carbocycles. The molecule has 29 heavy (non-hydrogen) atoms. The van der Waals surface area contributed by atoms with Crippen molar-refractivity contribution in [2.75, 3.05) is 13.1 Å². The van der Waals surface area contributed by atoms with Crippen molar-refractivity contribution in [1.82, 2.24) is 20.0 Å². The van der Waals surface area contributed by atoms with Gasteiger partial charge in [-0.25, -0.2) is 4.79 Å². The second-order valence-electron chi connectivity index (χ2n) is 8.14. The standard InChI is InChI=1S/C20H20Cl2N4O3/c1-25-15(16(21)17(22)24-25)6-14-12-4-2-3-5-13(12)18(27)26(14)9-11-7-20(8-11)10-23-19(28)29-20/h2-5,11,14H,6-10H2,1H3,(H,23,28)/t11?,14-,20?/m1/s1. The summed E-state index contributed by atoms with van der Waals surface area (Å²) in [7, 11) is 1.80. The van der Waals surface area contributed by atoms with Gasteiger partial charge in [-0.05, 0) is 30.4 Å². The Labute approximate surface area is 177 Å². The number of hydrogen-bond donors (Lipinski definition) is 1. The topological polar surface area (TPSA) is 76.5 Å². The molecule has 1 aliphatic carbocycles. The zero-order valence-corrected chi connectivity index (χ0v) is 17.3. The van der Waals surface area contributed by atoms with Crippen LogP contribution in [-0.4, -0.2) is 45.4 Å². The maximum atomic E-state index is 13.2. The third-order valence-electron chi connectivity index (χ3n) is 6.28. The summed E-state index contributed by atoms with van der Waals surface area (Å²) in [5.74, 6) is 0.312. The number of carbonyl (C=O) groups excluding carboxylic acids is 2. The Morgan fingerprint density at radius 1 is 1.28 bits per heavy atom. The highest BCUT2D eigenvalue weighted by atomic mass is 35.5. The summed E-state index contributed by atoms with van der Waals surface area (Å²) in [4.78, 5) is 26.5. The van der Waals surface area contributed by atoms with Crippen molar-refractivity contribution >= 4 is 35.2 Å². The molecule has 9 heteroatoms. The predicted molar refractivity (Wildman–Crippen MR) is 107 cm³/mol. The van der Waals surface area contributed by atoms with Crippen molar-refractivity contribution in [3.05, 3.63) is 51.3 Å². The lowest BCUT2D eigenvalue weighted by molar-refractivity contribution is -0.0555. The number of alkyl carbamates (subject to hydrolysis) is 1. The summed E-state index contributed by atoms with van der Waals surface area (Å²) in [5.41, 5.74) is 2.13. The molecule has 1 saturated heterocycles. The maximum Gasteiger partial charge on any atom is 0.407 e. The molecule has 1 spiro atoms. The number of carbonyl (C=O) groups is 2. The third kappa shape index (κ3) is 2.99. The number of rotatable bonds is 4. The van der Waals surface area contributed by atoms with Crippen molar-refractivity contribution in [3.8, 4) is 0 Å². The first-order valence-corrected chi connectivity index (χ1v) is 10.4.